The molecular weight excluding hydrogens is 324 g/mol. The number of rotatable bonds is 15. The van der Waals surface area contributed by atoms with Crippen LogP contribution in [0.3, 0.4) is 0 Å². The van der Waals surface area contributed by atoms with Gasteiger partial charge in [-0.3, -0.25) is 0 Å². The summed E-state index contributed by atoms with van der Waals surface area (Å²) in [5.74, 6) is 0. The number of aliphatic hydroxyl groups excluding tert-OH is 1. The zero-order chi connectivity index (χ0) is 18.6. The molecule has 0 saturated carbocycles. The molecule has 0 spiro atoms. The molecule has 0 heterocycles. The monoisotopic (exact) mass is 360 g/mol. The van der Waals surface area contributed by atoms with Crippen LogP contribution in [0.2, 0.25) is 0 Å². The maximum atomic E-state index is 9.70. The largest absolute Gasteiger partial charge is 0.393 e. The van der Waals surface area contributed by atoms with Gasteiger partial charge in [0.15, 0.2) is 0 Å². The van der Waals surface area contributed by atoms with E-state index in [1.165, 1.54) is 0 Å². The van der Waals surface area contributed by atoms with Gasteiger partial charge in [-0.2, -0.15) is 0 Å². The summed E-state index contributed by atoms with van der Waals surface area (Å²) in [5.41, 5.74) is 0. The summed E-state index contributed by atoms with van der Waals surface area (Å²) in [7, 11) is 0. The topological polar surface area (TPSA) is 20.2 Å². The van der Waals surface area contributed by atoms with Gasteiger partial charge in [0.1, 0.15) is 0 Å². The Morgan fingerprint density at radius 1 is 0.760 bits per heavy atom. The second kappa shape index (κ2) is 19.1. The van der Waals surface area contributed by atoms with Crippen LogP contribution in [-0.2, 0) is 0 Å². The third-order valence-electron chi connectivity index (χ3n) is 3.58. The summed E-state index contributed by atoms with van der Waals surface area (Å²) >= 11 is 5.00. The van der Waals surface area contributed by atoms with Crippen LogP contribution in [-0.4, -0.2) is 16.1 Å². The first-order valence-electron chi connectivity index (χ1n) is 9.59. The molecule has 0 aromatic carbocycles. The van der Waals surface area contributed by atoms with E-state index in [4.69, 9.17) is 12.2 Å². The molecule has 0 aliphatic heterocycles. The molecule has 0 rings (SSSR count). The highest BCUT2D eigenvalue weighted by atomic mass is 32.1. The lowest BCUT2D eigenvalue weighted by molar-refractivity contribution is 0.174. The molecule has 0 saturated heterocycles. The van der Waals surface area contributed by atoms with E-state index in [9.17, 15) is 5.11 Å². The van der Waals surface area contributed by atoms with Gasteiger partial charge in [0.25, 0.3) is 0 Å². The normalized spacial score (nSPS) is 14.0. The Morgan fingerprint density at radius 2 is 1.20 bits per heavy atom. The molecule has 0 aliphatic rings. The zero-order valence-corrected chi connectivity index (χ0v) is 16.9. The molecule has 1 N–H and O–H groups in total. The van der Waals surface area contributed by atoms with Gasteiger partial charge in [-0.05, 0) is 63.2 Å². The molecule has 0 bridgehead atoms. The Labute approximate surface area is 160 Å². The lowest BCUT2D eigenvalue weighted by Gasteiger charge is -2.06. The molecule has 0 amide bonds. The van der Waals surface area contributed by atoms with E-state index < -0.39 is 0 Å². The molecule has 2 heteroatoms. The number of hydrogen-bond donors (Lipinski definition) is 1. The SMILES string of the molecule is CC/C=C\C/C=C\C/C=C\C/C=C\CC/C=C/CCC(O)CC(C)=S. The second-order valence-electron chi connectivity index (χ2n) is 6.19. The van der Waals surface area contributed by atoms with Gasteiger partial charge >= 0.3 is 0 Å². The molecule has 0 aliphatic carbocycles. The Bertz CT molecular complexity index is 455. The summed E-state index contributed by atoms with van der Waals surface area (Å²) in [6.07, 6.45) is 30.5. The molecule has 1 atom stereocenters. The summed E-state index contributed by atoms with van der Waals surface area (Å²) in [4.78, 5) is 0.885. The lowest BCUT2D eigenvalue weighted by Crippen LogP contribution is -2.09. The van der Waals surface area contributed by atoms with Crippen LogP contribution >= 0.6 is 12.2 Å². The van der Waals surface area contributed by atoms with E-state index >= 15 is 0 Å². The molecule has 1 unspecified atom stereocenters. The first-order chi connectivity index (χ1) is 12.2. The highest BCUT2D eigenvalue weighted by molar-refractivity contribution is 7.80. The second-order valence-corrected chi connectivity index (χ2v) is 6.88. The number of allylic oxidation sites excluding steroid dienone is 10. The minimum atomic E-state index is -0.281. The summed E-state index contributed by atoms with van der Waals surface area (Å²) < 4.78 is 0. The molecule has 0 fully saturated rings. The fourth-order valence-electron chi connectivity index (χ4n) is 2.25. The molecule has 140 valence electrons. The van der Waals surface area contributed by atoms with Gasteiger partial charge in [-0.1, -0.05) is 79.9 Å². The van der Waals surface area contributed by atoms with Crippen molar-refractivity contribution in [3.63, 3.8) is 0 Å². The van der Waals surface area contributed by atoms with Gasteiger partial charge < -0.3 is 5.11 Å². The van der Waals surface area contributed by atoms with Gasteiger partial charge in [0.2, 0.25) is 0 Å². The maximum Gasteiger partial charge on any atom is 0.0588 e. The average molecular weight is 361 g/mol. The van der Waals surface area contributed by atoms with E-state index in [0.29, 0.717) is 6.42 Å². The van der Waals surface area contributed by atoms with Gasteiger partial charge in [-0.25, -0.2) is 0 Å². The third-order valence-corrected chi connectivity index (χ3v) is 3.74. The van der Waals surface area contributed by atoms with Crippen molar-refractivity contribution in [1.29, 1.82) is 0 Å². The van der Waals surface area contributed by atoms with Crippen molar-refractivity contribution in [3.8, 4) is 0 Å². The summed E-state index contributed by atoms with van der Waals surface area (Å²) in [6.45, 7) is 4.04. The first kappa shape index (κ1) is 23.8. The Balaban J connectivity index is 3.51. The summed E-state index contributed by atoms with van der Waals surface area (Å²) in [5, 5.41) is 9.70. The maximum absolute atomic E-state index is 9.70. The third kappa shape index (κ3) is 20.7. The van der Waals surface area contributed by atoms with E-state index in [-0.39, 0.29) is 6.10 Å². The van der Waals surface area contributed by atoms with E-state index in [2.05, 4.69) is 67.7 Å². The molecule has 0 aromatic heterocycles. The van der Waals surface area contributed by atoms with Crippen LogP contribution in [0.5, 0.6) is 0 Å². The fraction of sp³-hybridized carbons (Fsp3) is 0.522. The minimum absolute atomic E-state index is 0.281. The van der Waals surface area contributed by atoms with Gasteiger partial charge in [0.05, 0.1) is 6.10 Å². The van der Waals surface area contributed by atoms with Crippen LogP contribution < -0.4 is 0 Å². The fourth-order valence-corrected chi connectivity index (χ4v) is 2.44. The van der Waals surface area contributed by atoms with Gasteiger partial charge in [0, 0.05) is 6.42 Å². The van der Waals surface area contributed by atoms with Crippen molar-refractivity contribution >= 4 is 17.1 Å². The van der Waals surface area contributed by atoms with Gasteiger partial charge in [-0.15, -0.1) is 0 Å². The van der Waals surface area contributed by atoms with E-state index in [0.717, 1.165) is 56.2 Å². The van der Waals surface area contributed by atoms with E-state index in [1.807, 2.05) is 6.92 Å². The highest BCUT2D eigenvalue weighted by Crippen LogP contribution is 2.05. The molecule has 25 heavy (non-hydrogen) atoms. The van der Waals surface area contributed by atoms with Crippen molar-refractivity contribution in [2.75, 3.05) is 0 Å². The van der Waals surface area contributed by atoms with Crippen LogP contribution in [0.25, 0.3) is 0 Å². The molecule has 0 radical (unpaired) electrons. The van der Waals surface area contributed by atoms with Crippen molar-refractivity contribution in [1.82, 2.24) is 0 Å². The lowest BCUT2D eigenvalue weighted by atomic mass is 10.1. The smallest absolute Gasteiger partial charge is 0.0588 e. The van der Waals surface area contributed by atoms with Crippen molar-refractivity contribution in [2.45, 2.75) is 77.7 Å². The van der Waals surface area contributed by atoms with Crippen LogP contribution in [0.1, 0.15) is 71.6 Å². The average Bonchev–Trinajstić information content (AvgIpc) is 2.57. The Morgan fingerprint density at radius 3 is 1.72 bits per heavy atom. The van der Waals surface area contributed by atoms with Crippen LogP contribution in [0.4, 0.5) is 0 Å². The number of aliphatic hydroxyl groups is 1. The van der Waals surface area contributed by atoms with Crippen molar-refractivity contribution in [3.05, 3.63) is 60.8 Å². The Hall–Kier alpha value is -1.25. The predicted molar refractivity (Wildman–Crippen MR) is 117 cm³/mol. The zero-order valence-electron chi connectivity index (χ0n) is 16.1. The Kier molecular flexibility index (Phi) is 18.1. The quantitative estimate of drug-likeness (QED) is 0.192. The number of hydrogen-bond acceptors (Lipinski definition) is 2. The van der Waals surface area contributed by atoms with Crippen molar-refractivity contribution in [2.24, 2.45) is 0 Å². The van der Waals surface area contributed by atoms with Crippen LogP contribution in [0, 0.1) is 0 Å². The minimum Gasteiger partial charge on any atom is -0.393 e. The van der Waals surface area contributed by atoms with Crippen LogP contribution in [0.15, 0.2) is 60.8 Å². The van der Waals surface area contributed by atoms with E-state index in [1.54, 1.807) is 0 Å². The molecular formula is C23H36OS. The van der Waals surface area contributed by atoms with Crippen molar-refractivity contribution < 1.29 is 5.11 Å². The molecule has 0 aromatic rings. The standard InChI is InChI=1S/C23H36OS/c1-3-4-5-6-7-8-9-10-11-12-13-14-15-16-17-18-19-20-23(24)21-22(2)25/h4-5,7-8,10-11,13-14,17-18,23-24H,3,6,9,12,15-16,19-21H2,1-2H3/b5-4-,8-7-,11-10-,14-13-,18-17+. The summed E-state index contributed by atoms with van der Waals surface area (Å²) in [6, 6.07) is 0. The number of thiocarbonyl (C=S) groups is 1. The first-order valence-corrected chi connectivity index (χ1v) is 10.00. The highest BCUT2D eigenvalue weighted by Gasteiger charge is 2.02. The number of unbranched alkanes of at least 4 members (excludes halogenated alkanes) is 1. The molecule has 1 nitrogen and oxygen atoms in total. The predicted octanol–water partition coefficient (Wildman–Crippen LogP) is 7.05.